The molecule has 1 nitrogen and oxygen atoms in total. The van der Waals surface area contributed by atoms with Crippen molar-refractivity contribution in [2.45, 2.75) is 53.4 Å². The lowest BCUT2D eigenvalue weighted by Crippen LogP contribution is -2.05. The molecule has 0 aliphatic heterocycles. The maximum absolute atomic E-state index is 4.24. The lowest BCUT2D eigenvalue weighted by Gasteiger charge is -2.17. The Bertz CT molecular complexity index is 304. The first-order valence-electron chi connectivity index (χ1n) is 6.53. The molecule has 1 aromatic rings. The quantitative estimate of drug-likeness (QED) is 0.691. The summed E-state index contributed by atoms with van der Waals surface area (Å²) < 4.78 is 0. The molecule has 1 heterocycles. The van der Waals surface area contributed by atoms with Gasteiger partial charge < -0.3 is 0 Å². The number of hydrogen-bond acceptors (Lipinski definition) is 1. The molecule has 1 aromatic heterocycles. The average Bonchev–Trinajstić information content (AvgIpc) is 2.24. The van der Waals surface area contributed by atoms with E-state index in [1.165, 1.54) is 31.2 Å². The Morgan fingerprint density at radius 2 is 2.06 bits per heavy atom. The summed E-state index contributed by atoms with van der Waals surface area (Å²) in [6.45, 7) is 9.01. The van der Waals surface area contributed by atoms with Crippen LogP contribution in [-0.2, 0) is 6.42 Å². The molecule has 0 aliphatic rings. The van der Waals surface area contributed by atoms with Crippen LogP contribution < -0.4 is 0 Å². The van der Waals surface area contributed by atoms with E-state index in [1.54, 1.807) is 0 Å². The fourth-order valence-electron chi connectivity index (χ4n) is 2.29. The highest BCUT2D eigenvalue weighted by atomic mass is 14.6. The third-order valence-electron chi connectivity index (χ3n) is 3.18. The van der Waals surface area contributed by atoms with Gasteiger partial charge in [0.2, 0.25) is 0 Å². The Labute approximate surface area is 100 Å². The van der Waals surface area contributed by atoms with Crippen molar-refractivity contribution in [2.24, 2.45) is 11.8 Å². The Morgan fingerprint density at radius 3 is 2.62 bits per heavy atom. The molecule has 0 saturated heterocycles. The number of aromatic nitrogens is 1. The zero-order valence-electron chi connectivity index (χ0n) is 11.2. The van der Waals surface area contributed by atoms with E-state index < -0.39 is 0 Å². The van der Waals surface area contributed by atoms with E-state index in [4.69, 9.17) is 0 Å². The van der Waals surface area contributed by atoms with E-state index in [2.05, 4.69) is 44.8 Å². The smallest absolute Gasteiger partial charge is 0.0375 e. The summed E-state index contributed by atoms with van der Waals surface area (Å²) in [4.78, 5) is 4.24. The van der Waals surface area contributed by atoms with Crippen molar-refractivity contribution < 1.29 is 0 Å². The van der Waals surface area contributed by atoms with Gasteiger partial charge in [0.15, 0.2) is 0 Å². The summed E-state index contributed by atoms with van der Waals surface area (Å²) in [6.07, 6.45) is 7.11. The molecule has 0 fully saturated rings. The molecular weight excluding hydrogens is 194 g/mol. The predicted molar refractivity (Wildman–Crippen MR) is 70.5 cm³/mol. The highest BCUT2D eigenvalue weighted by molar-refractivity contribution is 5.15. The van der Waals surface area contributed by atoms with Gasteiger partial charge in [0.1, 0.15) is 0 Å². The predicted octanol–water partition coefficient (Wildman–Crippen LogP) is 4.39. The van der Waals surface area contributed by atoms with Gasteiger partial charge in [-0.2, -0.15) is 0 Å². The SMILES string of the molecule is CCC(CCc1ccnc(C)c1)CC(C)C. The van der Waals surface area contributed by atoms with Gasteiger partial charge >= 0.3 is 0 Å². The third kappa shape index (κ3) is 4.78. The minimum atomic E-state index is 0.823. The van der Waals surface area contributed by atoms with Gasteiger partial charge in [-0.1, -0.05) is 27.2 Å². The fourth-order valence-corrected chi connectivity index (χ4v) is 2.29. The molecule has 1 rings (SSSR count). The number of aryl methyl sites for hydroxylation is 2. The van der Waals surface area contributed by atoms with Crippen LogP contribution in [-0.4, -0.2) is 4.98 Å². The van der Waals surface area contributed by atoms with E-state index in [-0.39, 0.29) is 0 Å². The van der Waals surface area contributed by atoms with E-state index in [9.17, 15) is 0 Å². The van der Waals surface area contributed by atoms with Crippen molar-refractivity contribution in [3.63, 3.8) is 0 Å². The molecule has 0 N–H and O–H groups in total. The van der Waals surface area contributed by atoms with Gasteiger partial charge in [0, 0.05) is 11.9 Å². The second kappa shape index (κ2) is 6.67. The lowest BCUT2D eigenvalue weighted by molar-refractivity contribution is 0.376. The molecule has 1 unspecified atom stereocenters. The van der Waals surface area contributed by atoms with Crippen LogP contribution in [0.25, 0.3) is 0 Å². The lowest BCUT2D eigenvalue weighted by atomic mass is 9.89. The highest BCUT2D eigenvalue weighted by Gasteiger charge is 2.08. The van der Waals surface area contributed by atoms with E-state index in [1.807, 2.05) is 6.20 Å². The second-order valence-electron chi connectivity index (χ2n) is 5.25. The Morgan fingerprint density at radius 1 is 1.31 bits per heavy atom. The number of hydrogen-bond donors (Lipinski definition) is 0. The summed E-state index contributed by atoms with van der Waals surface area (Å²) in [5.74, 6) is 1.71. The Hall–Kier alpha value is -0.850. The molecule has 0 aromatic carbocycles. The van der Waals surface area contributed by atoms with E-state index in [0.29, 0.717) is 0 Å². The molecule has 0 amide bonds. The van der Waals surface area contributed by atoms with Crippen molar-refractivity contribution in [3.05, 3.63) is 29.6 Å². The van der Waals surface area contributed by atoms with Gasteiger partial charge in [-0.25, -0.2) is 0 Å². The molecule has 0 aliphatic carbocycles. The maximum atomic E-state index is 4.24. The first kappa shape index (κ1) is 13.2. The van der Waals surface area contributed by atoms with Crippen LogP contribution >= 0.6 is 0 Å². The molecule has 0 saturated carbocycles. The zero-order chi connectivity index (χ0) is 12.0. The van der Waals surface area contributed by atoms with Crippen molar-refractivity contribution in [1.29, 1.82) is 0 Å². The van der Waals surface area contributed by atoms with Crippen LogP contribution in [0.1, 0.15) is 51.3 Å². The summed E-state index contributed by atoms with van der Waals surface area (Å²) in [6, 6.07) is 4.36. The summed E-state index contributed by atoms with van der Waals surface area (Å²) in [5, 5.41) is 0. The van der Waals surface area contributed by atoms with Crippen LogP contribution in [0.5, 0.6) is 0 Å². The Kier molecular flexibility index (Phi) is 5.51. The Balaban J connectivity index is 2.43. The van der Waals surface area contributed by atoms with Crippen molar-refractivity contribution in [2.75, 3.05) is 0 Å². The van der Waals surface area contributed by atoms with Crippen LogP contribution in [0.2, 0.25) is 0 Å². The normalized spacial score (nSPS) is 13.1. The number of rotatable bonds is 6. The number of pyridine rings is 1. The maximum Gasteiger partial charge on any atom is 0.0375 e. The van der Waals surface area contributed by atoms with Crippen molar-refractivity contribution in [1.82, 2.24) is 4.98 Å². The van der Waals surface area contributed by atoms with E-state index in [0.717, 1.165) is 17.5 Å². The van der Waals surface area contributed by atoms with Gasteiger partial charge in [0.05, 0.1) is 0 Å². The molecule has 16 heavy (non-hydrogen) atoms. The molecule has 1 atom stereocenters. The largest absolute Gasteiger partial charge is 0.262 e. The third-order valence-corrected chi connectivity index (χ3v) is 3.18. The van der Waals surface area contributed by atoms with Gasteiger partial charge in [0.25, 0.3) is 0 Å². The van der Waals surface area contributed by atoms with Crippen LogP contribution in [0, 0.1) is 18.8 Å². The molecule has 90 valence electrons. The monoisotopic (exact) mass is 219 g/mol. The summed E-state index contributed by atoms with van der Waals surface area (Å²) in [7, 11) is 0. The average molecular weight is 219 g/mol. The highest BCUT2D eigenvalue weighted by Crippen LogP contribution is 2.21. The minimum absolute atomic E-state index is 0.823. The number of nitrogens with zero attached hydrogens (tertiary/aromatic N) is 1. The first-order chi connectivity index (χ1) is 7.61. The topological polar surface area (TPSA) is 12.9 Å². The van der Waals surface area contributed by atoms with Crippen LogP contribution in [0.15, 0.2) is 18.3 Å². The second-order valence-corrected chi connectivity index (χ2v) is 5.25. The van der Waals surface area contributed by atoms with Gasteiger partial charge in [-0.3, -0.25) is 4.98 Å². The molecular formula is C15H25N. The minimum Gasteiger partial charge on any atom is -0.262 e. The molecule has 0 bridgehead atoms. The summed E-state index contributed by atoms with van der Waals surface area (Å²) in [5.41, 5.74) is 2.57. The standard InChI is InChI=1S/C15H25N/c1-5-14(10-12(2)3)6-7-15-8-9-16-13(4)11-15/h8-9,11-12,14H,5-7,10H2,1-4H3. The van der Waals surface area contributed by atoms with Crippen LogP contribution in [0.4, 0.5) is 0 Å². The first-order valence-corrected chi connectivity index (χ1v) is 6.53. The molecule has 0 radical (unpaired) electrons. The molecule has 1 heteroatoms. The van der Waals surface area contributed by atoms with Crippen molar-refractivity contribution in [3.8, 4) is 0 Å². The van der Waals surface area contributed by atoms with Gasteiger partial charge in [-0.05, 0) is 55.7 Å². The zero-order valence-corrected chi connectivity index (χ0v) is 11.2. The molecule has 0 spiro atoms. The van der Waals surface area contributed by atoms with Crippen LogP contribution in [0.3, 0.4) is 0 Å². The van der Waals surface area contributed by atoms with E-state index >= 15 is 0 Å². The van der Waals surface area contributed by atoms with Gasteiger partial charge in [-0.15, -0.1) is 0 Å². The summed E-state index contributed by atoms with van der Waals surface area (Å²) >= 11 is 0. The van der Waals surface area contributed by atoms with Crippen molar-refractivity contribution >= 4 is 0 Å². The fraction of sp³-hybridized carbons (Fsp3) is 0.667.